The number of hydrogen-bond donors (Lipinski definition) is 2. The monoisotopic (exact) mass is 363 g/mol. The zero-order valence-corrected chi connectivity index (χ0v) is 13.6. The first-order chi connectivity index (χ1) is 12.3. The number of nitrogens with zero attached hydrogens (tertiary/aromatic N) is 1. The fourth-order valence-electron chi connectivity index (χ4n) is 2.74. The first kappa shape index (κ1) is 17.8. The summed E-state index contributed by atoms with van der Waals surface area (Å²) in [6, 6.07) is 10.4. The Labute approximate surface area is 147 Å². The van der Waals surface area contributed by atoms with E-state index in [9.17, 15) is 22.8 Å². The molecule has 1 aliphatic heterocycles. The van der Waals surface area contributed by atoms with Gasteiger partial charge in [-0.05, 0) is 42.8 Å². The van der Waals surface area contributed by atoms with Gasteiger partial charge in [-0.3, -0.25) is 4.79 Å². The van der Waals surface area contributed by atoms with E-state index in [1.54, 1.807) is 29.2 Å². The lowest BCUT2D eigenvalue weighted by Crippen LogP contribution is -2.24. The molecule has 1 saturated heterocycles. The molecule has 3 rings (SSSR count). The molecule has 8 heteroatoms. The van der Waals surface area contributed by atoms with Gasteiger partial charge in [-0.15, -0.1) is 0 Å². The Bertz CT molecular complexity index is 836. The Morgan fingerprint density at radius 3 is 2.27 bits per heavy atom. The Hall–Kier alpha value is -3.03. The van der Waals surface area contributed by atoms with Crippen LogP contribution in [0, 0.1) is 0 Å². The van der Waals surface area contributed by atoms with E-state index in [1.807, 2.05) is 0 Å². The average Bonchev–Trinajstić information content (AvgIpc) is 3.00. The molecule has 0 saturated carbocycles. The Morgan fingerprint density at radius 2 is 1.65 bits per heavy atom. The van der Waals surface area contributed by atoms with E-state index in [1.165, 1.54) is 12.1 Å². The van der Waals surface area contributed by atoms with Crippen LogP contribution in [0.2, 0.25) is 0 Å². The molecule has 2 aromatic rings. The van der Waals surface area contributed by atoms with Crippen molar-refractivity contribution in [3.63, 3.8) is 0 Å². The number of hydrogen-bond acceptors (Lipinski definition) is 2. The molecule has 0 atom stereocenters. The van der Waals surface area contributed by atoms with Gasteiger partial charge in [0.2, 0.25) is 5.91 Å². The van der Waals surface area contributed by atoms with Crippen LogP contribution >= 0.6 is 0 Å². The Kier molecular flexibility index (Phi) is 4.83. The summed E-state index contributed by atoms with van der Waals surface area (Å²) in [4.78, 5) is 25.5. The predicted octanol–water partition coefficient (Wildman–Crippen LogP) is 4.48. The summed E-state index contributed by atoms with van der Waals surface area (Å²) < 4.78 is 38.1. The minimum absolute atomic E-state index is 0.0237. The highest BCUT2D eigenvalue weighted by Gasteiger charge is 2.30. The number of alkyl halides is 3. The zero-order chi connectivity index (χ0) is 18.7. The van der Waals surface area contributed by atoms with Gasteiger partial charge in [-0.1, -0.05) is 12.1 Å². The summed E-state index contributed by atoms with van der Waals surface area (Å²) in [6.07, 6.45) is -3.20. The van der Waals surface area contributed by atoms with E-state index in [0.29, 0.717) is 24.3 Å². The number of nitrogens with one attached hydrogen (secondary N) is 2. The summed E-state index contributed by atoms with van der Waals surface area (Å²) in [5, 5.41) is 4.93. The molecule has 0 unspecified atom stereocenters. The van der Waals surface area contributed by atoms with Crippen molar-refractivity contribution in [3.05, 3.63) is 54.1 Å². The van der Waals surface area contributed by atoms with E-state index in [4.69, 9.17) is 0 Å². The molecular weight excluding hydrogens is 347 g/mol. The lowest BCUT2D eigenvalue weighted by Gasteiger charge is -2.17. The van der Waals surface area contributed by atoms with Crippen molar-refractivity contribution >= 4 is 29.0 Å². The number of carbonyl (C=O) groups is 2. The second kappa shape index (κ2) is 7.07. The SMILES string of the molecule is O=C(Nc1cccc(N2CCCC2=O)c1)Nc1cccc(C(F)(F)F)c1. The minimum Gasteiger partial charge on any atom is -0.312 e. The first-order valence-corrected chi connectivity index (χ1v) is 7.98. The summed E-state index contributed by atoms with van der Waals surface area (Å²) >= 11 is 0. The highest BCUT2D eigenvalue weighted by Crippen LogP contribution is 2.30. The van der Waals surface area contributed by atoms with Crippen molar-refractivity contribution in [1.82, 2.24) is 0 Å². The molecule has 26 heavy (non-hydrogen) atoms. The molecule has 2 N–H and O–H groups in total. The van der Waals surface area contributed by atoms with Crippen molar-refractivity contribution in [2.75, 3.05) is 22.1 Å². The highest BCUT2D eigenvalue weighted by molar-refractivity contribution is 6.01. The molecule has 0 spiro atoms. The standard InChI is InChI=1S/C18H16F3N3O2/c19-18(20,21)12-4-1-5-13(10-12)22-17(26)23-14-6-2-7-15(11-14)24-9-3-8-16(24)25/h1-2,4-7,10-11H,3,8-9H2,(H2,22,23,26). The molecule has 1 heterocycles. The van der Waals surface area contributed by atoms with Gasteiger partial charge in [0.15, 0.2) is 0 Å². The third-order valence-corrected chi connectivity index (χ3v) is 3.94. The number of amides is 3. The Morgan fingerprint density at radius 1 is 1.00 bits per heavy atom. The number of carbonyl (C=O) groups excluding carboxylic acids is 2. The molecule has 0 aliphatic carbocycles. The van der Waals surface area contributed by atoms with Crippen LogP contribution < -0.4 is 15.5 Å². The van der Waals surface area contributed by atoms with Gasteiger partial charge in [0, 0.05) is 30.0 Å². The van der Waals surface area contributed by atoms with Gasteiger partial charge >= 0.3 is 12.2 Å². The normalized spacial score (nSPS) is 14.4. The molecule has 1 aliphatic rings. The summed E-state index contributed by atoms with van der Waals surface area (Å²) in [5.41, 5.74) is 0.295. The fraction of sp³-hybridized carbons (Fsp3) is 0.222. The fourth-order valence-corrected chi connectivity index (χ4v) is 2.74. The van der Waals surface area contributed by atoms with E-state index >= 15 is 0 Å². The van der Waals surface area contributed by atoms with Crippen molar-refractivity contribution < 1.29 is 22.8 Å². The van der Waals surface area contributed by atoms with Gasteiger partial charge in [0.1, 0.15) is 0 Å². The summed E-state index contributed by atoms with van der Waals surface area (Å²) in [6.45, 7) is 0.624. The predicted molar refractivity (Wildman–Crippen MR) is 92.1 cm³/mol. The Balaban J connectivity index is 1.68. The van der Waals surface area contributed by atoms with E-state index in [2.05, 4.69) is 10.6 Å². The minimum atomic E-state index is -4.48. The first-order valence-electron chi connectivity index (χ1n) is 7.98. The van der Waals surface area contributed by atoms with Crippen molar-refractivity contribution in [3.8, 4) is 0 Å². The molecular formula is C18H16F3N3O2. The second-order valence-corrected chi connectivity index (χ2v) is 5.86. The second-order valence-electron chi connectivity index (χ2n) is 5.86. The number of halogens is 3. The smallest absolute Gasteiger partial charge is 0.312 e. The van der Waals surface area contributed by atoms with Gasteiger partial charge in [-0.2, -0.15) is 13.2 Å². The maximum absolute atomic E-state index is 12.7. The summed E-state index contributed by atoms with van der Waals surface area (Å²) in [5.74, 6) is 0.0237. The van der Waals surface area contributed by atoms with Crippen LogP contribution in [0.1, 0.15) is 18.4 Å². The molecule has 3 amide bonds. The molecule has 136 valence electrons. The molecule has 0 radical (unpaired) electrons. The van der Waals surface area contributed by atoms with E-state index in [-0.39, 0.29) is 11.6 Å². The lowest BCUT2D eigenvalue weighted by molar-refractivity contribution is -0.137. The maximum atomic E-state index is 12.7. The van der Waals surface area contributed by atoms with Gasteiger partial charge in [-0.25, -0.2) is 4.79 Å². The summed E-state index contributed by atoms with van der Waals surface area (Å²) in [7, 11) is 0. The van der Waals surface area contributed by atoms with Crippen LogP contribution in [0.15, 0.2) is 48.5 Å². The lowest BCUT2D eigenvalue weighted by atomic mass is 10.2. The average molecular weight is 363 g/mol. The number of urea groups is 1. The number of benzene rings is 2. The van der Waals surface area contributed by atoms with Crippen LogP contribution in [-0.4, -0.2) is 18.5 Å². The van der Waals surface area contributed by atoms with Crippen LogP contribution in [0.4, 0.5) is 35.0 Å². The van der Waals surface area contributed by atoms with E-state index < -0.39 is 17.8 Å². The van der Waals surface area contributed by atoms with Crippen molar-refractivity contribution in [1.29, 1.82) is 0 Å². The number of rotatable bonds is 3. The van der Waals surface area contributed by atoms with Gasteiger partial charge in [0.05, 0.1) is 5.56 Å². The topological polar surface area (TPSA) is 61.4 Å². The van der Waals surface area contributed by atoms with Crippen molar-refractivity contribution in [2.45, 2.75) is 19.0 Å². The largest absolute Gasteiger partial charge is 0.416 e. The third kappa shape index (κ3) is 4.14. The van der Waals surface area contributed by atoms with Crippen LogP contribution in [0.25, 0.3) is 0 Å². The van der Waals surface area contributed by atoms with Crippen LogP contribution in [0.3, 0.4) is 0 Å². The maximum Gasteiger partial charge on any atom is 0.416 e. The highest BCUT2D eigenvalue weighted by atomic mass is 19.4. The molecule has 2 aromatic carbocycles. The van der Waals surface area contributed by atoms with Crippen LogP contribution in [-0.2, 0) is 11.0 Å². The number of anilines is 3. The van der Waals surface area contributed by atoms with Crippen LogP contribution in [0.5, 0.6) is 0 Å². The van der Waals surface area contributed by atoms with Crippen molar-refractivity contribution in [2.24, 2.45) is 0 Å². The van der Waals surface area contributed by atoms with Gasteiger partial charge in [0.25, 0.3) is 0 Å². The van der Waals surface area contributed by atoms with E-state index in [0.717, 1.165) is 18.6 Å². The quantitative estimate of drug-likeness (QED) is 0.845. The molecule has 0 bridgehead atoms. The molecule has 1 fully saturated rings. The van der Waals surface area contributed by atoms with Gasteiger partial charge < -0.3 is 15.5 Å². The molecule has 0 aromatic heterocycles. The third-order valence-electron chi connectivity index (χ3n) is 3.94. The molecule has 5 nitrogen and oxygen atoms in total. The zero-order valence-electron chi connectivity index (χ0n) is 13.6.